The average Bonchev–Trinajstić information content (AvgIpc) is 3.21. The number of likely N-dealkylation sites (tertiary alicyclic amines) is 1. The normalized spacial score (nSPS) is 15.3. The van der Waals surface area contributed by atoms with E-state index < -0.39 is 0 Å². The van der Waals surface area contributed by atoms with E-state index in [2.05, 4.69) is 49.9 Å². The van der Waals surface area contributed by atoms with Crippen LogP contribution in [0.1, 0.15) is 18.5 Å². The summed E-state index contributed by atoms with van der Waals surface area (Å²) >= 11 is 0. The molecule has 4 aromatic rings. The zero-order chi connectivity index (χ0) is 21.2. The van der Waals surface area contributed by atoms with E-state index in [0.717, 1.165) is 65.9 Å². The van der Waals surface area contributed by atoms with Crippen molar-refractivity contribution in [2.45, 2.75) is 25.8 Å². The third kappa shape index (κ3) is 4.34. The smallest absolute Gasteiger partial charge is 0.154 e. The van der Waals surface area contributed by atoms with Gasteiger partial charge in [0.25, 0.3) is 0 Å². The van der Waals surface area contributed by atoms with Gasteiger partial charge in [-0.15, -0.1) is 10.2 Å². The fourth-order valence-electron chi connectivity index (χ4n) is 3.85. The Balaban J connectivity index is 1.35. The molecule has 3 aromatic heterocycles. The van der Waals surface area contributed by atoms with Crippen LogP contribution in [-0.4, -0.2) is 55.9 Å². The Labute approximate surface area is 181 Å². The Morgan fingerprint density at radius 2 is 1.68 bits per heavy atom. The van der Waals surface area contributed by atoms with Crippen molar-refractivity contribution in [3.8, 4) is 11.3 Å². The summed E-state index contributed by atoms with van der Waals surface area (Å²) < 4.78 is 1.91. The molecule has 0 radical (unpaired) electrons. The number of benzene rings is 1. The summed E-state index contributed by atoms with van der Waals surface area (Å²) in [6, 6.07) is 16.5. The van der Waals surface area contributed by atoms with Crippen molar-refractivity contribution in [3.05, 3.63) is 60.4 Å². The first-order chi connectivity index (χ1) is 15.1. The highest BCUT2D eigenvalue weighted by molar-refractivity contribution is 5.67. The van der Waals surface area contributed by atoms with Gasteiger partial charge in [-0.3, -0.25) is 0 Å². The standard InChI is InChI=1S/C23H26N8/c1-16-3-8-21(28-27-16)25-18-6-4-17(5-7-18)20-15-24-23-10-9-22(29-31(20)23)26-19-11-13-30(2)14-12-19/h3-10,15,19H,11-14H2,1-2H3,(H,25,28)(H,26,29). The number of nitrogens with one attached hydrogen (secondary N) is 2. The number of piperidine rings is 1. The van der Waals surface area contributed by atoms with E-state index in [4.69, 9.17) is 5.10 Å². The van der Waals surface area contributed by atoms with E-state index in [0.29, 0.717) is 6.04 Å². The van der Waals surface area contributed by atoms with Gasteiger partial charge in [0.2, 0.25) is 0 Å². The number of hydrogen-bond acceptors (Lipinski definition) is 7. The Hall–Kier alpha value is -3.52. The Morgan fingerprint density at radius 3 is 2.42 bits per heavy atom. The van der Waals surface area contributed by atoms with Gasteiger partial charge in [-0.2, -0.15) is 5.10 Å². The van der Waals surface area contributed by atoms with Gasteiger partial charge in [-0.25, -0.2) is 9.50 Å². The van der Waals surface area contributed by atoms with Crippen LogP contribution in [0.25, 0.3) is 16.9 Å². The molecule has 0 bridgehead atoms. The molecule has 1 aliphatic rings. The van der Waals surface area contributed by atoms with Crippen molar-refractivity contribution in [2.75, 3.05) is 30.8 Å². The molecule has 8 nitrogen and oxygen atoms in total. The summed E-state index contributed by atoms with van der Waals surface area (Å²) in [6.07, 6.45) is 4.13. The minimum Gasteiger partial charge on any atom is -0.366 e. The minimum atomic E-state index is 0.461. The summed E-state index contributed by atoms with van der Waals surface area (Å²) in [6.45, 7) is 4.15. The second-order valence-electron chi connectivity index (χ2n) is 8.12. The summed E-state index contributed by atoms with van der Waals surface area (Å²) in [5, 5.41) is 19.9. The van der Waals surface area contributed by atoms with Crippen molar-refractivity contribution in [2.24, 2.45) is 0 Å². The van der Waals surface area contributed by atoms with Crippen LogP contribution in [0.15, 0.2) is 54.7 Å². The van der Waals surface area contributed by atoms with Crippen molar-refractivity contribution in [1.82, 2.24) is 29.7 Å². The molecule has 1 aliphatic heterocycles. The molecule has 4 heterocycles. The first-order valence-electron chi connectivity index (χ1n) is 10.6. The van der Waals surface area contributed by atoms with Crippen LogP contribution >= 0.6 is 0 Å². The summed E-state index contributed by atoms with van der Waals surface area (Å²) in [7, 11) is 2.17. The van der Waals surface area contributed by atoms with Gasteiger partial charge in [0.1, 0.15) is 5.82 Å². The van der Waals surface area contributed by atoms with Crippen LogP contribution in [0.2, 0.25) is 0 Å². The molecule has 2 N–H and O–H groups in total. The van der Waals surface area contributed by atoms with Gasteiger partial charge in [0, 0.05) is 17.3 Å². The van der Waals surface area contributed by atoms with Gasteiger partial charge in [0.15, 0.2) is 11.5 Å². The zero-order valence-electron chi connectivity index (χ0n) is 17.8. The lowest BCUT2D eigenvalue weighted by atomic mass is 10.1. The van der Waals surface area contributed by atoms with E-state index in [1.807, 2.05) is 54.0 Å². The second-order valence-corrected chi connectivity index (χ2v) is 8.12. The van der Waals surface area contributed by atoms with Gasteiger partial charge < -0.3 is 15.5 Å². The molecular formula is C23H26N8. The molecule has 0 atom stereocenters. The number of nitrogens with zero attached hydrogens (tertiary/aromatic N) is 6. The molecule has 0 aliphatic carbocycles. The van der Waals surface area contributed by atoms with Crippen molar-refractivity contribution >= 4 is 23.0 Å². The zero-order valence-corrected chi connectivity index (χ0v) is 17.8. The number of imidazole rings is 1. The van der Waals surface area contributed by atoms with Gasteiger partial charge >= 0.3 is 0 Å². The molecule has 0 spiro atoms. The highest BCUT2D eigenvalue weighted by atomic mass is 15.3. The molecule has 8 heteroatoms. The quantitative estimate of drug-likeness (QED) is 0.515. The number of rotatable bonds is 5. The molecule has 0 saturated carbocycles. The molecule has 5 rings (SSSR count). The summed E-state index contributed by atoms with van der Waals surface area (Å²) in [4.78, 5) is 6.89. The SMILES string of the molecule is Cc1ccc(Nc2ccc(-c3cnc4ccc(NC5CCN(C)CC5)nn34)cc2)nn1. The maximum absolute atomic E-state index is 4.82. The molecule has 1 aromatic carbocycles. The lowest BCUT2D eigenvalue weighted by molar-refractivity contribution is 0.263. The largest absolute Gasteiger partial charge is 0.366 e. The van der Waals surface area contributed by atoms with E-state index in [1.165, 1.54) is 0 Å². The van der Waals surface area contributed by atoms with E-state index in [9.17, 15) is 0 Å². The molecule has 1 fully saturated rings. The predicted molar refractivity (Wildman–Crippen MR) is 123 cm³/mol. The molecular weight excluding hydrogens is 388 g/mol. The minimum absolute atomic E-state index is 0.461. The average molecular weight is 415 g/mol. The van der Waals surface area contributed by atoms with Crippen LogP contribution in [0, 0.1) is 6.92 Å². The van der Waals surface area contributed by atoms with Crippen molar-refractivity contribution < 1.29 is 0 Å². The van der Waals surface area contributed by atoms with Crippen molar-refractivity contribution in [1.29, 1.82) is 0 Å². The highest BCUT2D eigenvalue weighted by Gasteiger charge is 2.17. The van der Waals surface area contributed by atoms with Crippen LogP contribution in [-0.2, 0) is 0 Å². The van der Waals surface area contributed by atoms with Crippen LogP contribution < -0.4 is 10.6 Å². The molecule has 158 valence electrons. The molecule has 1 saturated heterocycles. The number of hydrogen-bond donors (Lipinski definition) is 2. The Kier molecular flexibility index (Phi) is 5.21. The van der Waals surface area contributed by atoms with E-state index >= 15 is 0 Å². The Morgan fingerprint density at radius 1 is 0.903 bits per heavy atom. The number of anilines is 3. The lowest BCUT2D eigenvalue weighted by Gasteiger charge is -2.29. The first-order valence-corrected chi connectivity index (χ1v) is 10.6. The number of aryl methyl sites for hydroxylation is 1. The maximum atomic E-state index is 4.82. The lowest BCUT2D eigenvalue weighted by Crippen LogP contribution is -2.36. The molecule has 31 heavy (non-hydrogen) atoms. The third-order valence-electron chi connectivity index (χ3n) is 5.68. The van der Waals surface area contributed by atoms with Crippen LogP contribution in [0.4, 0.5) is 17.3 Å². The predicted octanol–water partition coefficient (Wildman–Crippen LogP) is 3.74. The monoisotopic (exact) mass is 414 g/mol. The third-order valence-corrected chi connectivity index (χ3v) is 5.68. The second kappa shape index (κ2) is 8.31. The van der Waals surface area contributed by atoms with Crippen LogP contribution in [0.3, 0.4) is 0 Å². The van der Waals surface area contributed by atoms with Gasteiger partial charge in [-0.1, -0.05) is 12.1 Å². The highest BCUT2D eigenvalue weighted by Crippen LogP contribution is 2.24. The topological polar surface area (TPSA) is 83.3 Å². The fraction of sp³-hybridized carbons (Fsp3) is 0.304. The molecule has 0 unspecified atom stereocenters. The molecule has 0 amide bonds. The van der Waals surface area contributed by atoms with Gasteiger partial charge in [-0.05, 0) is 76.3 Å². The van der Waals surface area contributed by atoms with Gasteiger partial charge in [0.05, 0.1) is 17.6 Å². The van der Waals surface area contributed by atoms with Crippen LogP contribution in [0.5, 0.6) is 0 Å². The Bertz CT molecular complexity index is 1160. The summed E-state index contributed by atoms with van der Waals surface area (Å²) in [5.74, 6) is 1.61. The van der Waals surface area contributed by atoms with E-state index in [-0.39, 0.29) is 0 Å². The van der Waals surface area contributed by atoms with E-state index in [1.54, 1.807) is 0 Å². The number of aromatic nitrogens is 5. The fourth-order valence-corrected chi connectivity index (χ4v) is 3.85. The number of fused-ring (bicyclic) bond motifs is 1. The van der Waals surface area contributed by atoms with Crippen molar-refractivity contribution in [3.63, 3.8) is 0 Å². The maximum Gasteiger partial charge on any atom is 0.154 e. The summed E-state index contributed by atoms with van der Waals surface area (Å²) in [5.41, 5.74) is 4.70. The first kappa shape index (κ1) is 19.4.